The minimum atomic E-state index is 0.257. The highest BCUT2D eigenvalue weighted by molar-refractivity contribution is 5.76. The zero-order valence-electron chi connectivity index (χ0n) is 10.3. The van der Waals surface area contributed by atoms with Crippen molar-refractivity contribution in [3.8, 4) is 0 Å². The van der Waals surface area contributed by atoms with Crippen LogP contribution in [-0.4, -0.2) is 25.0 Å². The highest BCUT2D eigenvalue weighted by atomic mass is 16.1. The topological polar surface area (TPSA) is 41.1 Å². The maximum atomic E-state index is 11.7. The highest BCUT2D eigenvalue weighted by Gasteiger charge is 2.43. The molecule has 1 aliphatic heterocycles. The fourth-order valence-electron chi connectivity index (χ4n) is 3.38. The normalized spacial score (nSPS) is 28.2. The molecule has 1 unspecified atom stereocenters. The predicted octanol–water partition coefficient (Wildman–Crippen LogP) is 1.82. The maximum absolute atomic E-state index is 11.7. The van der Waals surface area contributed by atoms with Crippen LogP contribution < -0.4 is 10.6 Å². The smallest absolute Gasteiger partial charge is 0.220 e. The second-order valence-electron chi connectivity index (χ2n) is 5.37. The van der Waals surface area contributed by atoms with Gasteiger partial charge in [0.1, 0.15) is 0 Å². The van der Waals surface area contributed by atoms with E-state index < -0.39 is 0 Å². The fourth-order valence-corrected chi connectivity index (χ4v) is 3.38. The van der Waals surface area contributed by atoms with Crippen LogP contribution in [-0.2, 0) is 4.79 Å². The van der Waals surface area contributed by atoms with Gasteiger partial charge in [-0.15, -0.1) is 0 Å². The molecular weight excluding hydrogens is 200 g/mol. The maximum Gasteiger partial charge on any atom is 0.220 e. The number of rotatable bonds is 3. The zero-order chi connectivity index (χ0) is 11.4. The van der Waals surface area contributed by atoms with Crippen molar-refractivity contribution in [3.05, 3.63) is 0 Å². The predicted molar refractivity (Wildman–Crippen MR) is 65.2 cm³/mol. The van der Waals surface area contributed by atoms with Gasteiger partial charge in [0.2, 0.25) is 5.91 Å². The van der Waals surface area contributed by atoms with Crippen LogP contribution in [0.25, 0.3) is 0 Å². The summed E-state index contributed by atoms with van der Waals surface area (Å²) in [5.74, 6) is 0.257. The molecule has 2 N–H and O–H groups in total. The van der Waals surface area contributed by atoms with E-state index in [-0.39, 0.29) is 5.91 Å². The van der Waals surface area contributed by atoms with Crippen LogP contribution in [0.4, 0.5) is 0 Å². The SMILES string of the molecule is CCCC(=O)NC1CCCC12CCNCC2. The van der Waals surface area contributed by atoms with Gasteiger partial charge >= 0.3 is 0 Å². The highest BCUT2D eigenvalue weighted by Crippen LogP contribution is 2.45. The third kappa shape index (κ3) is 2.40. The fraction of sp³-hybridized carbons (Fsp3) is 0.923. The molecule has 3 nitrogen and oxygen atoms in total. The number of carbonyl (C=O) groups excluding carboxylic acids is 1. The van der Waals surface area contributed by atoms with Gasteiger partial charge in [-0.3, -0.25) is 4.79 Å². The Labute approximate surface area is 98.4 Å². The van der Waals surface area contributed by atoms with Gasteiger partial charge < -0.3 is 10.6 Å². The van der Waals surface area contributed by atoms with E-state index in [0.717, 1.165) is 19.5 Å². The third-order valence-electron chi connectivity index (χ3n) is 4.32. The Morgan fingerprint density at radius 3 is 2.81 bits per heavy atom. The molecule has 16 heavy (non-hydrogen) atoms. The average Bonchev–Trinajstić information content (AvgIpc) is 2.63. The van der Waals surface area contributed by atoms with E-state index in [1.807, 2.05) is 0 Å². The Kier molecular flexibility index (Phi) is 3.85. The molecule has 1 atom stereocenters. The van der Waals surface area contributed by atoms with Gasteiger partial charge in [-0.2, -0.15) is 0 Å². The van der Waals surface area contributed by atoms with Gasteiger partial charge in [-0.05, 0) is 50.6 Å². The molecule has 92 valence electrons. The zero-order valence-corrected chi connectivity index (χ0v) is 10.3. The summed E-state index contributed by atoms with van der Waals surface area (Å²) in [6, 6.07) is 0.452. The largest absolute Gasteiger partial charge is 0.353 e. The summed E-state index contributed by atoms with van der Waals surface area (Å²) in [4.78, 5) is 11.7. The average molecular weight is 224 g/mol. The first-order valence-corrected chi connectivity index (χ1v) is 6.77. The molecule has 0 bridgehead atoms. The molecule has 2 aliphatic rings. The number of hydrogen-bond acceptors (Lipinski definition) is 2. The van der Waals surface area contributed by atoms with Crippen LogP contribution in [0.5, 0.6) is 0 Å². The minimum absolute atomic E-state index is 0.257. The van der Waals surface area contributed by atoms with E-state index in [9.17, 15) is 4.79 Å². The van der Waals surface area contributed by atoms with Gasteiger partial charge in [-0.25, -0.2) is 0 Å². The number of nitrogens with one attached hydrogen (secondary N) is 2. The lowest BCUT2D eigenvalue weighted by Gasteiger charge is -2.39. The van der Waals surface area contributed by atoms with Gasteiger partial charge in [0.25, 0.3) is 0 Å². The molecule has 3 heteroatoms. The van der Waals surface area contributed by atoms with Gasteiger partial charge in [-0.1, -0.05) is 13.3 Å². The van der Waals surface area contributed by atoms with Gasteiger partial charge in [0, 0.05) is 12.5 Å². The molecule has 0 aromatic carbocycles. The van der Waals surface area contributed by atoms with Crippen molar-refractivity contribution in [2.45, 2.75) is 57.9 Å². The molecule has 2 fully saturated rings. The summed E-state index contributed by atoms with van der Waals surface area (Å²) < 4.78 is 0. The lowest BCUT2D eigenvalue weighted by Crippen LogP contribution is -2.49. The molecule has 1 spiro atoms. The molecular formula is C13H24N2O. The Hall–Kier alpha value is -0.570. The first-order valence-electron chi connectivity index (χ1n) is 6.77. The number of piperidine rings is 1. The summed E-state index contributed by atoms with van der Waals surface area (Å²) in [7, 11) is 0. The van der Waals surface area contributed by atoms with Gasteiger partial charge in [0.15, 0.2) is 0 Å². The summed E-state index contributed by atoms with van der Waals surface area (Å²) in [5, 5.41) is 6.70. The molecule has 2 rings (SSSR count). The second-order valence-corrected chi connectivity index (χ2v) is 5.37. The molecule has 1 saturated heterocycles. The van der Waals surface area contributed by atoms with Crippen LogP contribution in [0, 0.1) is 5.41 Å². The second kappa shape index (κ2) is 5.17. The molecule has 0 aromatic rings. The lowest BCUT2D eigenvalue weighted by atomic mass is 9.74. The molecule has 0 radical (unpaired) electrons. The number of hydrogen-bond donors (Lipinski definition) is 2. The van der Waals surface area contributed by atoms with Crippen molar-refractivity contribution < 1.29 is 4.79 Å². The van der Waals surface area contributed by atoms with Crippen molar-refractivity contribution in [1.82, 2.24) is 10.6 Å². The quantitative estimate of drug-likeness (QED) is 0.768. The van der Waals surface area contributed by atoms with Crippen LogP contribution >= 0.6 is 0 Å². The van der Waals surface area contributed by atoms with E-state index in [1.165, 1.54) is 32.1 Å². The first-order chi connectivity index (χ1) is 7.77. The van der Waals surface area contributed by atoms with E-state index in [2.05, 4.69) is 17.6 Å². The summed E-state index contributed by atoms with van der Waals surface area (Å²) >= 11 is 0. The van der Waals surface area contributed by atoms with E-state index >= 15 is 0 Å². The van der Waals surface area contributed by atoms with E-state index in [4.69, 9.17) is 0 Å². The molecule has 1 heterocycles. The van der Waals surface area contributed by atoms with Crippen molar-refractivity contribution in [2.24, 2.45) is 5.41 Å². The molecule has 1 amide bonds. The standard InChI is InChI=1S/C13H24N2O/c1-2-4-12(16)15-11-5-3-6-13(11)7-9-14-10-8-13/h11,14H,2-10H2,1H3,(H,15,16). The van der Waals surface area contributed by atoms with Crippen LogP contribution in [0.3, 0.4) is 0 Å². The lowest BCUT2D eigenvalue weighted by molar-refractivity contribution is -0.122. The van der Waals surface area contributed by atoms with Crippen molar-refractivity contribution >= 4 is 5.91 Å². The Morgan fingerprint density at radius 1 is 1.38 bits per heavy atom. The first kappa shape index (κ1) is 11.9. The van der Waals surface area contributed by atoms with Crippen LogP contribution in [0.15, 0.2) is 0 Å². The summed E-state index contributed by atoms with van der Waals surface area (Å²) in [6.45, 7) is 4.31. The van der Waals surface area contributed by atoms with Crippen molar-refractivity contribution in [3.63, 3.8) is 0 Å². The third-order valence-corrected chi connectivity index (χ3v) is 4.32. The summed E-state index contributed by atoms with van der Waals surface area (Å²) in [5.41, 5.74) is 0.425. The molecule has 0 aromatic heterocycles. The van der Waals surface area contributed by atoms with Gasteiger partial charge in [0.05, 0.1) is 0 Å². The van der Waals surface area contributed by atoms with Crippen molar-refractivity contribution in [2.75, 3.05) is 13.1 Å². The van der Waals surface area contributed by atoms with E-state index in [0.29, 0.717) is 17.9 Å². The molecule has 1 saturated carbocycles. The van der Waals surface area contributed by atoms with Crippen LogP contribution in [0.2, 0.25) is 0 Å². The van der Waals surface area contributed by atoms with E-state index in [1.54, 1.807) is 0 Å². The Morgan fingerprint density at radius 2 is 2.12 bits per heavy atom. The van der Waals surface area contributed by atoms with Crippen molar-refractivity contribution in [1.29, 1.82) is 0 Å². The number of amides is 1. The Balaban J connectivity index is 1.94. The number of carbonyl (C=O) groups is 1. The Bertz CT molecular complexity index is 246. The van der Waals surface area contributed by atoms with Crippen LogP contribution in [0.1, 0.15) is 51.9 Å². The summed E-state index contributed by atoms with van der Waals surface area (Å²) in [6.07, 6.45) is 7.91. The molecule has 1 aliphatic carbocycles. The minimum Gasteiger partial charge on any atom is -0.353 e. The monoisotopic (exact) mass is 224 g/mol.